The molecular weight excluding hydrogens is 299 g/mol. The zero-order chi connectivity index (χ0) is 15.9. The molecule has 1 aromatic carbocycles. The third kappa shape index (κ3) is 6.28. The van der Waals surface area contributed by atoms with E-state index in [1.165, 1.54) is 17.8 Å². The van der Waals surface area contributed by atoms with Gasteiger partial charge in [0.1, 0.15) is 0 Å². The Hall–Kier alpha value is -0.720. The number of nitrogens with one attached hydrogen (secondary N) is 1. The van der Waals surface area contributed by atoms with Gasteiger partial charge in [-0.1, -0.05) is 19.9 Å². The van der Waals surface area contributed by atoms with E-state index in [9.17, 15) is 13.2 Å². The minimum absolute atomic E-state index is 0.164. The molecule has 21 heavy (non-hydrogen) atoms. The summed E-state index contributed by atoms with van der Waals surface area (Å²) in [6, 6.07) is 4.57. The number of benzene rings is 1. The molecule has 2 nitrogen and oxygen atoms in total. The van der Waals surface area contributed by atoms with Crippen molar-refractivity contribution in [3.05, 3.63) is 29.3 Å². The molecule has 1 aromatic rings. The van der Waals surface area contributed by atoms with Crippen LogP contribution < -0.4 is 5.32 Å². The second kappa shape index (κ2) is 8.66. The van der Waals surface area contributed by atoms with Crippen molar-refractivity contribution in [1.29, 1.82) is 0 Å². The first-order valence-corrected chi connectivity index (χ1v) is 7.82. The van der Waals surface area contributed by atoms with E-state index in [1.54, 1.807) is 19.2 Å². The molecule has 0 aliphatic heterocycles. The number of hydrogen-bond donors (Lipinski definition) is 1. The number of halogens is 3. The van der Waals surface area contributed by atoms with Gasteiger partial charge in [0.05, 0.1) is 12.2 Å². The van der Waals surface area contributed by atoms with Crippen LogP contribution in [0.5, 0.6) is 0 Å². The van der Waals surface area contributed by atoms with Gasteiger partial charge in [0.2, 0.25) is 0 Å². The molecule has 1 unspecified atom stereocenters. The SMILES string of the molecule is CCC(C)Sc1ccc(CNCCOC)cc1C(F)(F)F. The number of rotatable bonds is 8. The molecule has 6 heteroatoms. The Morgan fingerprint density at radius 2 is 2.05 bits per heavy atom. The molecule has 0 heterocycles. The maximum absolute atomic E-state index is 13.2. The fourth-order valence-electron chi connectivity index (χ4n) is 1.72. The Morgan fingerprint density at radius 3 is 2.62 bits per heavy atom. The van der Waals surface area contributed by atoms with Crippen LogP contribution in [0.4, 0.5) is 13.2 Å². The Morgan fingerprint density at radius 1 is 1.33 bits per heavy atom. The smallest absolute Gasteiger partial charge is 0.383 e. The Labute approximate surface area is 128 Å². The van der Waals surface area contributed by atoms with Crippen molar-refractivity contribution < 1.29 is 17.9 Å². The van der Waals surface area contributed by atoms with Crippen LogP contribution in [0, 0.1) is 0 Å². The van der Waals surface area contributed by atoms with Crippen LogP contribution in [0.15, 0.2) is 23.1 Å². The Bertz CT molecular complexity index is 437. The number of ether oxygens (including phenoxy) is 1. The van der Waals surface area contributed by atoms with Gasteiger partial charge >= 0.3 is 6.18 Å². The zero-order valence-corrected chi connectivity index (χ0v) is 13.4. The van der Waals surface area contributed by atoms with Crippen LogP contribution in [0.1, 0.15) is 31.4 Å². The van der Waals surface area contributed by atoms with Gasteiger partial charge in [-0.05, 0) is 24.1 Å². The average Bonchev–Trinajstić information content (AvgIpc) is 2.43. The van der Waals surface area contributed by atoms with Crippen molar-refractivity contribution in [3.63, 3.8) is 0 Å². The molecule has 1 N–H and O–H groups in total. The second-order valence-corrected chi connectivity index (χ2v) is 6.31. The van der Waals surface area contributed by atoms with Gasteiger partial charge in [-0.3, -0.25) is 0 Å². The van der Waals surface area contributed by atoms with E-state index in [-0.39, 0.29) is 5.25 Å². The van der Waals surface area contributed by atoms with Crippen LogP contribution in [0.3, 0.4) is 0 Å². The quantitative estimate of drug-likeness (QED) is 0.569. The maximum atomic E-state index is 13.2. The third-order valence-corrected chi connectivity index (χ3v) is 4.41. The van der Waals surface area contributed by atoms with Gasteiger partial charge in [0.15, 0.2) is 0 Å². The van der Waals surface area contributed by atoms with Gasteiger partial charge in [-0.15, -0.1) is 11.8 Å². The van der Waals surface area contributed by atoms with E-state index in [1.807, 2.05) is 13.8 Å². The summed E-state index contributed by atoms with van der Waals surface area (Å²) in [5.74, 6) is 0. The fourth-order valence-corrected chi connectivity index (χ4v) is 2.77. The molecule has 0 bridgehead atoms. The first kappa shape index (κ1) is 18.3. The minimum Gasteiger partial charge on any atom is -0.383 e. The van der Waals surface area contributed by atoms with Crippen LogP contribution >= 0.6 is 11.8 Å². The monoisotopic (exact) mass is 321 g/mol. The summed E-state index contributed by atoms with van der Waals surface area (Å²) in [4.78, 5) is 0.303. The molecular formula is C15H22F3NOS. The minimum atomic E-state index is -4.32. The second-order valence-electron chi connectivity index (χ2n) is 4.83. The van der Waals surface area contributed by atoms with Gasteiger partial charge in [-0.2, -0.15) is 13.2 Å². The lowest BCUT2D eigenvalue weighted by atomic mass is 10.1. The summed E-state index contributed by atoms with van der Waals surface area (Å²) in [6.45, 7) is 5.46. The van der Waals surface area contributed by atoms with Crippen molar-refractivity contribution >= 4 is 11.8 Å². The molecule has 0 aliphatic rings. The highest BCUT2D eigenvalue weighted by atomic mass is 32.2. The predicted octanol–water partition coefficient (Wildman–Crippen LogP) is 4.33. The number of thioether (sulfide) groups is 1. The van der Waals surface area contributed by atoms with E-state index < -0.39 is 11.7 Å². The van der Waals surface area contributed by atoms with Crippen LogP contribution in [0.25, 0.3) is 0 Å². The number of hydrogen-bond acceptors (Lipinski definition) is 3. The highest BCUT2D eigenvalue weighted by Gasteiger charge is 2.34. The molecule has 0 radical (unpaired) electrons. The van der Waals surface area contributed by atoms with Gasteiger partial charge in [0.25, 0.3) is 0 Å². The van der Waals surface area contributed by atoms with Crippen LogP contribution in [-0.2, 0) is 17.5 Å². The molecule has 0 aromatic heterocycles. The van der Waals surface area contributed by atoms with Crippen LogP contribution in [-0.4, -0.2) is 25.5 Å². The zero-order valence-electron chi connectivity index (χ0n) is 12.6. The molecule has 0 fully saturated rings. The maximum Gasteiger partial charge on any atom is 0.417 e. The molecule has 120 valence electrons. The van der Waals surface area contributed by atoms with E-state index >= 15 is 0 Å². The lowest BCUT2D eigenvalue weighted by molar-refractivity contribution is -0.139. The highest BCUT2D eigenvalue weighted by Crippen LogP contribution is 2.39. The van der Waals surface area contributed by atoms with Crippen LogP contribution in [0.2, 0.25) is 0 Å². The molecule has 0 saturated carbocycles. The van der Waals surface area contributed by atoms with Crippen molar-refractivity contribution in [2.24, 2.45) is 0 Å². The largest absolute Gasteiger partial charge is 0.417 e. The van der Waals surface area contributed by atoms with E-state index in [2.05, 4.69) is 5.32 Å². The van der Waals surface area contributed by atoms with Crippen molar-refractivity contribution in [2.45, 2.75) is 43.1 Å². The molecule has 0 saturated heterocycles. The lowest BCUT2D eigenvalue weighted by Crippen LogP contribution is -2.19. The molecule has 0 spiro atoms. The van der Waals surface area contributed by atoms with Crippen molar-refractivity contribution in [1.82, 2.24) is 5.32 Å². The third-order valence-electron chi connectivity index (χ3n) is 3.06. The number of methoxy groups -OCH3 is 1. The summed E-state index contributed by atoms with van der Waals surface area (Å²) < 4.78 is 44.4. The van der Waals surface area contributed by atoms with Gasteiger partial charge in [0, 0.05) is 30.3 Å². The number of alkyl halides is 3. The lowest BCUT2D eigenvalue weighted by Gasteiger charge is -2.17. The standard InChI is InChI=1S/C15H22F3NOS/c1-4-11(2)21-14-6-5-12(10-19-7-8-20-3)9-13(14)15(16,17)18/h5-6,9,11,19H,4,7-8,10H2,1-3H3. The normalized spacial score (nSPS) is 13.4. The topological polar surface area (TPSA) is 21.3 Å². The summed E-state index contributed by atoms with van der Waals surface area (Å²) >= 11 is 1.28. The van der Waals surface area contributed by atoms with Crippen molar-refractivity contribution in [3.8, 4) is 0 Å². The molecule has 0 aliphatic carbocycles. The predicted molar refractivity (Wildman–Crippen MR) is 80.6 cm³/mol. The van der Waals surface area contributed by atoms with Gasteiger partial charge in [-0.25, -0.2) is 0 Å². The van der Waals surface area contributed by atoms with Crippen molar-refractivity contribution in [2.75, 3.05) is 20.3 Å². The highest BCUT2D eigenvalue weighted by molar-refractivity contribution is 8.00. The Kier molecular flexibility index (Phi) is 7.56. The summed E-state index contributed by atoms with van der Waals surface area (Å²) in [5.41, 5.74) is 0.0887. The van der Waals surface area contributed by atoms with Gasteiger partial charge < -0.3 is 10.1 Å². The van der Waals surface area contributed by atoms with E-state index in [0.29, 0.717) is 30.2 Å². The Balaban J connectivity index is 2.86. The first-order chi connectivity index (χ1) is 9.88. The summed E-state index contributed by atoms with van der Waals surface area (Å²) in [7, 11) is 1.59. The summed E-state index contributed by atoms with van der Waals surface area (Å²) in [6.07, 6.45) is -3.49. The molecule has 1 atom stereocenters. The molecule has 1 rings (SSSR count). The van der Waals surface area contributed by atoms with E-state index in [0.717, 1.165) is 6.42 Å². The first-order valence-electron chi connectivity index (χ1n) is 6.95. The average molecular weight is 321 g/mol. The fraction of sp³-hybridized carbons (Fsp3) is 0.600. The molecule has 0 amide bonds. The summed E-state index contributed by atoms with van der Waals surface area (Å²) in [5, 5.41) is 3.22. The van der Waals surface area contributed by atoms with E-state index in [4.69, 9.17) is 4.74 Å².